The number of guanidine groups is 1. The number of nitrogens with zero attached hydrogens (tertiary/aromatic N) is 1. The van der Waals surface area contributed by atoms with E-state index >= 15 is 0 Å². The molecule has 0 aliphatic carbocycles. The van der Waals surface area contributed by atoms with Gasteiger partial charge < -0.3 is 16.2 Å². The summed E-state index contributed by atoms with van der Waals surface area (Å²) in [5.74, 6) is 0.420. The first kappa shape index (κ1) is 14.1. The second kappa shape index (κ2) is 7.31. The topological polar surface area (TPSA) is 70.6 Å². The highest BCUT2D eigenvalue weighted by molar-refractivity contribution is 5.92. The summed E-state index contributed by atoms with van der Waals surface area (Å²) < 4.78 is 0. The van der Waals surface area contributed by atoms with Crippen LogP contribution in [0.15, 0.2) is 59.6 Å². The number of nitrogens with one attached hydrogen (secondary N) is 1. The number of aliphatic imine (C=N–C) groups is 1. The van der Waals surface area contributed by atoms with Crippen molar-refractivity contribution in [2.24, 2.45) is 10.7 Å². The number of aliphatic hydroxyl groups excluding tert-OH is 1. The van der Waals surface area contributed by atoms with Crippen LogP contribution in [0.1, 0.15) is 11.1 Å². The predicted octanol–water partition coefficient (Wildman–Crippen LogP) is 2.15. The first-order valence-corrected chi connectivity index (χ1v) is 6.58. The van der Waals surface area contributed by atoms with Gasteiger partial charge in [0.2, 0.25) is 0 Å². The number of para-hydroxylation sites is 1. The van der Waals surface area contributed by atoms with E-state index in [1.807, 2.05) is 54.6 Å². The third-order valence-corrected chi connectivity index (χ3v) is 2.93. The van der Waals surface area contributed by atoms with E-state index in [2.05, 4.69) is 10.3 Å². The SMILES string of the molecule is NC(=NCCc1ccc(CO)cc1)Nc1ccccc1. The van der Waals surface area contributed by atoms with Gasteiger partial charge >= 0.3 is 0 Å². The molecule has 0 heterocycles. The van der Waals surface area contributed by atoms with Gasteiger partial charge in [0, 0.05) is 12.2 Å². The average molecular weight is 269 g/mol. The summed E-state index contributed by atoms with van der Waals surface area (Å²) in [6.07, 6.45) is 0.822. The zero-order chi connectivity index (χ0) is 14.2. The Labute approximate surface area is 119 Å². The standard InChI is InChI=1S/C16H19N3O/c17-16(19-15-4-2-1-3-5-15)18-11-10-13-6-8-14(12-20)9-7-13/h1-9,20H,10-12H2,(H3,17,18,19). The van der Waals surface area contributed by atoms with Gasteiger partial charge in [-0.1, -0.05) is 42.5 Å². The first-order valence-electron chi connectivity index (χ1n) is 6.58. The molecule has 0 fully saturated rings. The van der Waals surface area contributed by atoms with Crippen molar-refractivity contribution >= 4 is 11.6 Å². The molecule has 0 atom stereocenters. The van der Waals surface area contributed by atoms with Crippen molar-refractivity contribution in [3.8, 4) is 0 Å². The van der Waals surface area contributed by atoms with Crippen LogP contribution in [-0.4, -0.2) is 17.6 Å². The monoisotopic (exact) mass is 269 g/mol. The van der Waals surface area contributed by atoms with E-state index in [1.54, 1.807) is 0 Å². The molecule has 2 aromatic carbocycles. The van der Waals surface area contributed by atoms with Crippen LogP contribution in [0.5, 0.6) is 0 Å². The van der Waals surface area contributed by atoms with Crippen molar-refractivity contribution in [3.63, 3.8) is 0 Å². The van der Waals surface area contributed by atoms with Gasteiger partial charge in [0.05, 0.1) is 6.61 Å². The molecule has 4 nitrogen and oxygen atoms in total. The lowest BCUT2D eigenvalue weighted by Crippen LogP contribution is -2.23. The van der Waals surface area contributed by atoms with E-state index in [0.29, 0.717) is 12.5 Å². The van der Waals surface area contributed by atoms with Crippen molar-refractivity contribution in [1.29, 1.82) is 0 Å². The van der Waals surface area contributed by atoms with Crippen molar-refractivity contribution in [1.82, 2.24) is 0 Å². The van der Waals surface area contributed by atoms with Gasteiger partial charge in [0.25, 0.3) is 0 Å². The Balaban J connectivity index is 1.82. The summed E-state index contributed by atoms with van der Waals surface area (Å²) in [5.41, 5.74) is 8.85. The Bertz CT molecular complexity index is 550. The van der Waals surface area contributed by atoms with Crippen LogP contribution in [0.25, 0.3) is 0 Å². The van der Waals surface area contributed by atoms with Gasteiger partial charge in [-0.3, -0.25) is 4.99 Å². The Morgan fingerprint density at radius 1 is 1.00 bits per heavy atom. The third kappa shape index (κ3) is 4.40. The lowest BCUT2D eigenvalue weighted by molar-refractivity contribution is 0.282. The number of rotatable bonds is 5. The average Bonchev–Trinajstić information content (AvgIpc) is 2.49. The van der Waals surface area contributed by atoms with Crippen LogP contribution in [0.4, 0.5) is 5.69 Å². The Hall–Kier alpha value is -2.33. The largest absolute Gasteiger partial charge is 0.392 e. The lowest BCUT2D eigenvalue weighted by atomic mass is 10.1. The van der Waals surface area contributed by atoms with E-state index in [-0.39, 0.29) is 6.61 Å². The highest BCUT2D eigenvalue weighted by Crippen LogP contribution is 2.06. The smallest absolute Gasteiger partial charge is 0.193 e. The molecule has 0 radical (unpaired) electrons. The molecule has 0 saturated carbocycles. The van der Waals surface area contributed by atoms with Crippen LogP contribution < -0.4 is 11.1 Å². The molecule has 2 rings (SSSR count). The van der Waals surface area contributed by atoms with E-state index in [1.165, 1.54) is 5.56 Å². The van der Waals surface area contributed by atoms with Crippen LogP contribution in [0.2, 0.25) is 0 Å². The summed E-state index contributed by atoms with van der Waals surface area (Å²) in [6.45, 7) is 0.705. The van der Waals surface area contributed by atoms with Crippen molar-refractivity contribution < 1.29 is 5.11 Å². The second-order valence-electron chi connectivity index (χ2n) is 4.48. The fourth-order valence-corrected chi connectivity index (χ4v) is 1.83. The van der Waals surface area contributed by atoms with Crippen molar-refractivity contribution in [2.45, 2.75) is 13.0 Å². The predicted molar refractivity (Wildman–Crippen MR) is 82.6 cm³/mol. The second-order valence-corrected chi connectivity index (χ2v) is 4.48. The molecule has 0 aliphatic rings. The van der Waals surface area contributed by atoms with Gasteiger partial charge in [0.1, 0.15) is 0 Å². The maximum atomic E-state index is 8.97. The highest BCUT2D eigenvalue weighted by Gasteiger charge is 1.96. The summed E-state index contributed by atoms with van der Waals surface area (Å²) >= 11 is 0. The summed E-state index contributed by atoms with van der Waals surface area (Å²) in [7, 11) is 0. The summed E-state index contributed by atoms with van der Waals surface area (Å²) in [6, 6.07) is 17.6. The van der Waals surface area contributed by atoms with Gasteiger partial charge in [0.15, 0.2) is 5.96 Å². The third-order valence-electron chi connectivity index (χ3n) is 2.93. The minimum absolute atomic E-state index is 0.0758. The van der Waals surface area contributed by atoms with Gasteiger partial charge in [-0.2, -0.15) is 0 Å². The molecule has 0 bridgehead atoms. The number of anilines is 1. The van der Waals surface area contributed by atoms with E-state index in [0.717, 1.165) is 17.7 Å². The highest BCUT2D eigenvalue weighted by atomic mass is 16.3. The van der Waals surface area contributed by atoms with Gasteiger partial charge in [-0.25, -0.2) is 0 Å². The molecule has 0 amide bonds. The lowest BCUT2D eigenvalue weighted by Gasteiger charge is -2.05. The fourth-order valence-electron chi connectivity index (χ4n) is 1.83. The zero-order valence-electron chi connectivity index (χ0n) is 11.3. The maximum Gasteiger partial charge on any atom is 0.193 e. The molecule has 2 aromatic rings. The molecule has 0 unspecified atom stereocenters. The van der Waals surface area contributed by atoms with Gasteiger partial charge in [-0.05, 0) is 29.7 Å². The normalized spacial score (nSPS) is 11.3. The number of nitrogens with two attached hydrogens (primary N) is 1. The molecule has 4 heteroatoms. The molecule has 0 saturated heterocycles. The molecule has 0 aliphatic heterocycles. The fraction of sp³-hybridized carbons (Fsp3) is 0.188. The molecule has 104 valence electrons. The van der Waals surface area contributed by atoms with E-state index < -0.39 is 0 Å². The van der Waals surface area contributed by atoms with Gasteiger partial charge in [-0.15, -0.1) is 0 Å². The van der Waals surface area contributed by atoms with Crippen molar-refractivity contribution in [2.75, 3.05) is 11.9 Å². The molecular weight excluding hydrogens is 250 g/mol. The Morgan fingerprint density at radius 3 is 2.30 bits per heavy atom. The quantitative estimate of drug-likeness (QED) is 0.575. The zero-order valence-corrected chi connectivity index (χ0v) is 11.3. The molecule has 0 spiro atoms. The Kier molecular flexibility index (Phi) is 5.15. The van der Waals surface area contributed by atoms with Crippen LogP contribution >= 0.6 is 0 Å². The van der Waals surface area contributed by atoms with E-state index in [9.17, 15) is 0 Å². The Morgan fingerprint density at radius 2 is 1.65 bits per heavy atom. The number of benzene rings is 2. The molecule has 4 N–H and O–H groups in total. The number of aliphatic hydroxyl groups is 1. The van der Waals surface area contributed by atoms with Crippen LogP contribution in [-0.2, 0) is 13.0 Å². The summed E-state index contributed by atoms with van der Waals surface area (Å²) in [5, 5.41) is 12.0. The number of hydrogen-bond acceptors (Lipinski definition) is 2. The minimum atomic E-state index is 0.0758. The van der Waals surface area contributed by atoms with Crippen LogP contribution in [0, 0.1) is 0 Å². The van der Waals surface area contributed by atoms with Crippen molar-refractivity contribution in [3.05, 3.63) is 65.7 Å². The molecule has 20 heavy (non-hydrogen) atoms. The molecular formula is C16H19N3O. The molecule has 0 aromatic heterocycles. The van der Waals surface area contributed by atoms with E-state index in [4.69, 9.17) is 10.8 Å². The maximum absolute atomic E-state index is 8.97. The summed E-state index contributed by atoms with van der Waals surface area (Å²) in [4.78, 5) is 4.29. The minimum Gasteiger partial charge on any atom is -0.392 e. The first-order chi connectivity index (χ1) is 9.78. The number of hydrogen-bond donors (Lipinski definition) is 3. The van der Waals surface area contributed by atoms with Crippen LogP contribution in [0.3, 0.4) is 0 Å².